The highest BCUT2D eigenvalue weighted by atomic mass is 32.1. The van der Waals surface area contributed by atoms with Crippen molar-refractivity contribution in [3.63, 3.8) is 0 Å². The van der Waals surface area contributed by atoms with Crippen LogP contribution < -0.4 is 5.32 Å². The molecular formula is C15H20N2O3S. The summed E-state index contributed by atoms with van der Waals surface area (Å²) in [6.07, 6.45) is 7.93. The maximum atomic E-state index is 11.9. The highest BCUT2D eigenvalue weighted by molar-refractivity contribution is 7.09. The Hall–Kier alpha value is -1.69. The molecule has 0 spiro atoms. The highest BCUT2D eigenvalue weighted by Crippen LogP contribution is 2.26. The Balaban J connectivity index is 1.94. The van der Waals surface area contributed by atoms with E-state index in [9.17, 15) is 14.7 Å². The number of amides is 1. The number of aromatic nitrogens is 1. The van der Waals surface area contributed by atoms with Gasteiger partial charge in [0.05, 0.1) is 10.7 Å². The number of hydrogen-bond donors (Lipinski definition) is 2. The molecule has 1 aromatic heterocycles. The van der Waals surface area contributed by atoms with Crippen LogP contribution in [0.2, 0.25) is 0 Å². The number of aryl methyl sites for hydroxylation is 1. The van der Waals surface area contributed by atoms with Crippen LogP contribution in [0.4, 0.5) is 0 Å². The number of nitrogens with one attached hydrogen (secondary N) is 1. The van der Waals surface area contributed by atoms with Gasteiger partial charge in [0.2, 0.25) is 5.91 Å². The largest absolute Gasteiger partial charge is 0.480 e. The van der Waals surface area contributed by atoms with Crippen molar-refractivity contribution in [3.05, 3.63) is 22.2 Å². The van der Waals surface area contributed by atoms with E-state index >= 15 is 0 Å². The first kappa shape index (κ1) is 15.7. The number of nitrogens with zero attached hydrogens (tertiary/aromatic N) is 1. The molecule has 21 heavy (non-hydrogen) atoms. The molecule has 0 radical (unpaired) electrons. The number of rotatable bonds is 5. The SMILES string of the molecule is Cc1nc(/C=C/C(=O)NC(C(=O)O)C2CCCCC2)cs1. The molecule has 0 aliphatic heterocycles. The fraction of sp³-hybridized carbons (Fsp3) is 0.533. The number of carbonyl (C=O) groups is 2. The highest BCUT2D eigenvalue weighted by Gasteiger charge is 2.30. The van der Waals surface area contributed by atoms with Crippen molar-refractivity contribution in [1.29, 1.82) is 0 Å². The summed E-state index contributed by atoms with van der Waals surface area (Å²) in [6.45, 7) is 1.89. The minimum atomic E-state index is -0.951. The second-order valence-corrected chi connectivity index (χ2v) is 6.41. The van der Waals surface area contributed by atoms with Crippen molar-refractivity contribution in [2.45, 2.75) is 45.1 Å². The van der Waals surface area contributed by atoms with Crippen LogP contribution in [-0.4, -0.2) is 28.0 Å². The topological polar surface area (TPSA) is 79.3 Å². The molecule has 1 aliphatic carbocycles. The van der Waals surface area contributed by atoms with Crippen LogP contribution >= 0.6 is 11.3 Å². The maximum Gasteiger partial charge on any atom is 0.326 e. The summed E-state index contributed by atoms with van der Waals surface area (Å²) in [7, 11) is 0. The standard InChI is InChI=1S/C15H20N2O3S/c1-10-16-12(9-21-10)7-8-13(18)17-14(15(19)20)11-5-3-2-4-6-11/h7-9,11,14H,2-6H2,1H3,(H,17,18)(H,19,20)/b8-7+. The first-order valence-corrected chi connectivity index (χ1v) is 8.08. The van der Waals surface area contributed by atoms with Crippen LogP contribution in [0.1, 0.15) is 42.8 Å². The Morgan fingerprint density at radius 1 is 1.43 bits per heavy atom. The molecule has 1 saturated carbocycles. The van der Waals surface area contributed by atoms with Gasteiger partial charge in [-0.3, -0.25) is 4.79 Å². The molecule has 1 unspecified atom stereocenters. The Morgan fingerprint density at radius 2 is 2.14 bits per heavy atom. The lowest BCUT2D eigenvalue weighted by molar-refractivity contribution is -0.143. The lowest BCUT2D eigenvalue weighted by Gasteiger charge is -2.27. The van der Waals surface area contributed by atoms with Crippen molar-refractivity contribution in [3.8, 4) is 0 Å². The summed E-state index contributed by atoms with van der Waals surface area (Å²) < 4.78 is 0. The Bertz CT molecular complexity index is 533. The molecule has 1 atom stereocenters. The Kier molecular flexibility index (Phi) is 5.50. The third kappa shape index (κ3) is 4.67. The quantitative estimate of drug-likeness (QED) is 0.820. The average Bonchev–Trinajstić information content (AvgIpc) is 2.89. The smallest absolute Gasteiger partial charge is 0.326 e. The average molecular weight is 308 g/mol. The molecule has 114 valence electrons. The predicted octanol–water partition coefficient (Wildman–Crippen LogP) is 2.61. The molecule has 5 nitrogen and oxygen atoms in total. The normalized spacial score (nSPS) is 17.8. The van der Waals surface area contributed by atoms with Gasteiger partial charge >= 0.3 is 5.97 Å². The zero-order valence-electron chi connectivity index (χ0n) is 12.0. The van der Waals surface area contributed by atoms with Crippen LogP contribution in [0.5, 0.6) is 0 Å². The summed E-state index contributed by atoms with van der Waals surface area (Å²) >= 11 is 1.51. The van der Waals surface area contributed by atoms with E-state index in [1.807, 2.05) is 12.3 Å². The molecule has 1 aromatic rings. The van der Waals surface area contributed by atoms with E-state index in [4.69, 9.17) is 0 Å². The van der Waals surface area contributed by atoms with Crippen molar-refractivity contribution in [1.82, 2.24) is 10.3 Å². The van der Waals surface area contributed by atoms with E-state index in [1.165, 1.54) is 17.4 Å². The van der Waals surface area contributed by atoms with E-state index < -0.39 is 12.0 Å². The van der Waals surface area contributed by atoms with E-state index in [0.717, 1.165) is 42.8 Å². The number of carboxylic acid groups (broad SMARTS) is 1. The lowest BCUT2D eigenvalue weighted by Crippen LogP contribution is -2.46. The number of thiazole rings is 1. The van der Waals surface area contributed by atoms with Crippen molar-refractivity contribution in [2.75, 3.05) is 0 Å². The Labute approximate surface area is 128 Å². The second kappa shape index (κ2) is 7.36. The van der Waals surface area contributed by atoms with Gasteiger partial charge in [-0.2, -0.15) is 0 Å². The second-order valence-electron chi connectivity index (χ2n) is 5.35. The van der Waals surface area contributed by atoms with Gasteiger partial charge in [-0.25, -0.2) is 9.78 Å². The molecule has 6 heteroatoms. The maximum absolute atomic E-state index is 11.9. The molecule has 1 fully saturated rings. The summed E-state index contributed by atoms with van der Waals surface area (Å²) in [5.74, 6) is -1.29. The molecular weight excluding hydrogens is 288 g/mol. The summed E-state index contributed by atoms with van der Waals surface area (Å²) in [5, 5.41) is 14.7. The minimum absolute atomic E-state index is 0.0371. The van der Waals surface area contributed by atoms with Crippen LogP contribution in [0.25, 0.3) is 6.08 Å². The first-order valence-electron chi connectivity index (χ1n) is 7.20. The van der Waals surface area contributed by atoms with Crippen molar-refractivity contribution >= 4 is 29.3 Å². The van der Waals surface area contributed by atoms with Crippen LogP contribution in [0.15, 0.2) is 11.5 Å². The monoisotopic (exact) mass is 308 g/mol. The molecule has 1 aliphatic rings. The van der Waals surface area contributed by atoms with Crippen molar-refractivity contribution < 1.29 is 14.7 Å². The van der Waals surface area contributed by atoms with Gasteiger partial charge in [0.25, 0.3) is 0 Å². The molecule has 1 heterocycles. The Morgan fingerprint density at radius 3 is 2.71 bits per heavy atom. The number of aliphatic carboxylic acids is 1. The number of carbonyl (C=O) groups excluding carboxylic acids is 1. The van der Waals surface area contributed by atoms with Crippen LogP contribution in [0.3, 0.4) is 0 Å². The molecule has 0 saturated heterocycles. The fourth-order valence-electron chi connectivity index (χ4n) is 2.67. The number of hydrogen-bond acceptors (Lipinski definition) is 4. The summed E-state index contributed by atoms with van der Waals surface area (Å²) in [6, 6.07) is -0.792. The summed E-state index contributed by atoms with van der Waals surface area (Å²) in [4.78, 5) is 27.5. The van der Waals surface area contributed by atoms with Gasteiger partial charge < -0.3 is 10.4 Å². The van der Waals surface area contributed by atoms with E-state index in [-0.39, 0.29) is 11.8 Å². The van der Waals surface area contributed by atoms with Crippen molar-refractivity contribution in [2.24, 2.45) is 5.92 Å². The van der Waals surface area contributed by atoms with Crippen LogP contribution in [0, 0.1) is 12.8 Å². The lowest BCUT2D eigenvalue weighted by atomic mass is 9.84. The van der Waals surface area contributed by atoms with Gasteiger partial charge in [0.1, 0.15) is 6.04 Å². The van der Waals surface area contributed by atoms with Gasteiger partial charge in [-0.15, -0.1) is 11.3 Å². The zero-order valence-corrected chi connectivity index (χ0v) is 12.9. The number of carboxylic acids is 1. The van der Waals surface area contributed by atoms with Gasteiger partial charge in [-0.1, -0.05) is 19.3 Å². The van der Waals surface area contributed by atoms with Gasteiger partial charge in [0, 0.05) is 11.5 Å². The molecule has 1 amide bonds. The summed E-state index contributed by atoms with van der Waals surface area (Å²) in [5.41, 5.74) is 0.720. The predicted molar refractivity (Wildman–Crippen MR) is 82.0 cm³/mol. The molecule has 2 N–H and O–H groups in total. The first-order chi connectivity index (χ1) is 10.1. The van der Waals surface area contributed by atoms with Gasteiger partial charge in [-0.05, 0) is 31.8 Å². The van der Waals surface area contributed by atoms with Crippen LogP contribution in [-0.2, 0) is 9.59 Å². The third-order valence-corrected chi connectivity index (χ3v) is 4.52. The fourth-order valence-corrected chi connectivity index (χ4v) is 3.25. The molecule has 0 aromatic carbocycles. The van der Waals surface area contributed by atoms with Gasteiger partial charge in [0.15, 0.2) is 0 Å². The molecule has 0 bridgehead atoms. The minimum Gasteiger partial charge on any atom is -0.480 e. The van der Waals surface area contributed by atoms with E-state index in [1.54, 1.807) is 6.08 Å². The molecule has 2 rings (SSSR count). The van der Waals surface area contributed by atoms with E-state index in [2.05, 4.69) is 10.3 Å². The zero-order chi connectivity index (χ0) is 15.2. The third-order valence-electron chi connectivity index (χ3n) is 3.73. The van der Waals surface area contributed by atoms with E-state index in [0.29, 0.717) is 0 Å².